The molecule has 0 bridgehead atoms. The number of phenols is 1. The predicted octanol–water partition coefficient (Wildman–Crippen LogP) is 2.47. The van der Waals surface area contributed by atoms with Crippen LogP contribution in [0.5, 0.6) is 5.75 Å². The summed E-state index contributed by atoms with van der Waals surface area (Å²) in [6, 6.07) is 4.65. The Hall–Kier alpha value is -2.04. The van der Waals surface area contributed by atoms with Gasteiger partial charge >= 0.3 is 5.97 Å². The first kappa shape index (κ1) is 16.0. The second-order valence-corrected chi connectivity index (χ2v) is 4.81. The van der Waals surface area contributed by atoms with E-state index >= 15 is 0 Å². The molecule has 1 amide bonds. The van der Waals surface area contributed by atoms with Crippen molar-refractivity contribution in [2.75, 3.05) is 6.54 Å². The Morgan fingerprint density at radius 1 is 1.15 bits per heavy atom. The third kappa shape index (κ3) is 5.73. The van der Waals surface area contributed by atoms with Gasteiger partial charge < -0.3 is 15.5 Å². The molecular formula is C15H21NO4. The molecule has 3 N–H and O–H groups in total. The second-order valence-electron chi connectivity index (χ2n) is 4.81. The topological polar surface area (TPSA) is 86.6 Å². The van der Waals surface area contributed by atoms with E-state index in [0.717, 1.165) is 24.8 Å². The number of carboxylic acids is 1. The molecule has 110 valence electrons. The normalized spacial score (nSPS) is 10.2. The van der Waals surface area contributed by atoms with Crippen molar-refractivity contribution >= 4 is 11.9 Å². The van der Waals surface area contributed by atoms with Crippen molar-refractivity contribution in [1.29, 1.82) is 0 Å². The van der Waals surface area contributed by atoms with E-state index in [1.54, 1.807) is 19.1 Å². The van der Waals surface area contributed by atoms with Gasteiger partial charge in [0, 0.05) is 18.5 Å². The van der Waals surface area contributed by atoms with Gasteiger partial charge in [-0.1, -0.05) is 12.8 Å². The van der Waals surface area contributed by atoms with Crippen LogP contribution in [-0.2, 0) is 4.79 Å². The number of carbonyl (C=O) groups excluding carboxylic acids is 1. The van der Waals surface area contributed by atoms with Gasteiger partial charge in [-0.2, -0.15) is 0 Å². The molecule has 1 rings (SSSR count). The summed E-state index contributed by atoms with van der Waals surface area (Å²) in [5.41, 5.74) is 1.30. The fraction of sp³-hybridized carbons (Fsp3) is 0.467. The van der Waals surface area contributed by atoms with Gasteiger partial charge in [0.25, 0.3) is 5.91 Å². The third-order valence-electron chi connectivity index (χ3n) is 3.06. The Balaban J connectivity index is 2.22. The van der Waals surface area contributed by atoms with E-state index in [4.69, 9.17) is 5.11 Å². The number of amides is 1. The third-order valence-corrected chi connectivity index (χ3v) is 3.06. The Bertz CT molecular complexity index is 471. The minimum absolute atomic E-state index is 0.145. The fourth-order valence-electron chi connectivity index (χ4n) is 1.95. The first-order valence-corrected chi connectivity index (χ1v) is 6.80. The molecule has 20 heavy (non-hydrogen) atoms. The smallest absolute Gasteiger partial charge is 0.303 e. The molecule has 0 spiro atoms. The summed E-state index contributed by atoms with van der Waals surface area (Å²) in [4.78, 5) is 22.2. The molecule has 0 saturated heterocycles. The van der Waals surface area contributed by atoms with Gasteiger partial charge in [-0.25, -0.2) is 0 Å². The van der Waals surface area contributed by atoms with Crippen molar-refractivity contribution < 1.29 is 19.8 Å². The van der Waals surface area contributed by atoms with E-state index in [-0.39, 0.29) is 18.1 Å². The first-order valence-electron chi connectivity index (χ1n) is 6.80. The van der Waals surface area contributed by atoms with Crippen molar-refractivity contribution in [1.82, 2.24) is 5.32 Å². The Morgan fingerprint density at radius 3 is 2.50 bits per heavy atom. The molecule has 0 fully saturated rings. The molecule has 0 radical (unpaired) electrons. The minimum Gasteiger partial charge on any atom is -0.508 e. The molecule has 0 atom stereocenters. The average Bonchev–Trinajstić information content (AvgIpc) is 2.37. The molecule has 0 aliphatic rings. The fourth-order valence-corrected chi connectivity index (χ4v) is 1.95. The summed E-state index contributed by atoms with van der Waals surface area (Å²) in [6.45, 7) is 2.35. The number of hydrogen-bond donors (Lipinski definition) is 3. The molecule has 1 aromatic carbocycles. The lowest BCUT2D eigenvalue weighted by atomic mass is 10.1. The lowest BCUT2D eigenvalue weighted by Gasteiger charge is -2.08. The highest BCUT2D eigenvalue weighted by molar-refractivity contribution is 5.95. The van der Waals surface area contributed by atoms with Crippen LogP contribution in [0, 0.1) is 6.92 Å². The number of hydrogen-bond acceptors (Lipinski definition) is 3. The van der Waals surface area contributed by atoms with Gasteiger partial charge in [0.2, 0.25) is 0 Å². The molecule has 0 aliphatic heterocycles. The van der Waals surface area contributed by atoms with Crippen LogP contribution < -0.4 is 5.32 Å². The van der Waals surface area contributed by atoms with Gasteiger partial charge in [0.15, 0.2) is 0 Å². The van der Waals surface area contributed by atoms with E-state index in [0.29, 0.717) is 18.5 Å². The number of carbonyl (C=O) groups is 2. The predicted molar refractivity (Wildman–Crippen MR) is 75.9 cm³/mol. The van der Waals surface area contributed by atoms with Crippen LogP contribution in [0.15, 0.2) is 18.2 Å². The number of aromatic hydroxyl groups is 1. The van der Waals surface area contributed by atoms with Crippen molar-refractivity contribution in [2.24, 2.45) is 0 Å². The van der Waals surface area contributed by atoms with Crippen molar-refractivity contribution in [3.05, 3.63) is 29.3 Å². The van der Waals surface area contributed by atoms with Crippen molar-refractivity contribution in [3.8, 4) is 5.75 Å². The molecule has 5 heteroatoms. The SMILES string of the molecule is Cc1cc(O)ccc1C(=O)NCCCCCCC(=O)O. The van der Waals surface area contributed by atoms with Gasteiger partial charge in [-0.3, -0.25) is 9.59 Å². The largest absolute Gasteiger partial charge is 0.508 e. The summed E-state index contributed by atoms with van der Waals surface area (Å²) in [7, 11) is 0. The maximum atomic E-state index is 11.9. The summed E-state index contributed by atoms with van der Waals surface area (Å²) >= 11 is 0. The number of aryl methyl sites for hydroxylation is 1. The van der Waals surface area contributed by atoms with Crippen molar-refractivity contribution in [3.63, 3.8) is 0 Å². The summed E-state index contributed by atoms with van der Waals surface area (Å²) < 4.78 is 0. The molecule has 0 saturated carbocycles. The number of phenolic OH excluding ortho intramolecular Hbond substituents is 1. The zero-order valence-corrected chi connectivity index (χ0v) is 11.7. The zero-order chi connectivity index (χ0) is 15.0. The maximum absolute atomic E-state index is 11.9. The summed E-state index contributed by atoms with van der Waals surface area (Å²) in [5.74, 6) is -0.758. The van der Waals surface area contributed by atoms with Gasteiger partial charge in [-0.05, 0) is 43.5 Å². The van der Waals surface area contributed by atoms with Crippen molar-refractivity contribution in [2.45, 2.75) is 39.0 Å². The van der Waals surface area contributed by atoms with E-state index < -0.39 is 5.97 Å². The molecule has 0 aromatic heterocycles. The number of carboxylic acid groups (broad SMARTS) is 1. The van der Waals surface area contributed by atoms with Crippen LogP contribution in [0.4, 0.5) is 0 Å². The number of unbranched alkanes of at least 4 members (excludes halogenated alkanes) is 3. The number of benzene rings is 1. The average molecular weight is 279 g/mol. The van der Waals surface area contributed by atoms with E-state index in [1.165, 1.54) is 6.07 Å². The van der Waals surface area contributed by atoms with Crippen LogP contribution >= 0.6 is 0 Å². The van der Waals surface area contributed by atoms with Crippen LogP contribution in [0.1, 0.15) is 48.0 Å². The minimum atomic E-state index is -0.763. The molecule has 0 heterocycles. The zero-order valence-electron chi connectivity index (χ0n) is 11.7. The van der Waals surface area contributed by atoms with E-state index in [9.17, 15) is 14.7 Å². The highest BCUT2D eigenvalue weighted by atomic mass is 16.4. The summed E-state index contributed by atoms with van der Waals surface area (Å²) in [6.07, 6.45) is 3.49. The Morgan fingerprint density at radius 2 is 1.85 bits per heavy atom. The van der Waals surface area contributed by atoms with Crippen LogP contribution in [-0.4, -0.2) is 28.6 Å². The molecule has 0 aliphatic carbocycles. The number of aliphatic carboxylic acids is 1. The van der Waals surface area contributed by atoms with Gasteiger partial charge in [0.05, 0.1) is 0 Å². The first-order chi connectivity index (χ1) is 9.50. The van der Waals surface area contributed by atoms with Gasteiger partial charge in [-0.15, -0.1) is 0 Å². The second kappa shape index (κ2) is 8.19. The molecule has 0 unspecified atom stereocenters. The van der Waals surface area contributed by atoms with Crippen LogP contribution in [0.2, 0.25) is 0 Å². The molecular weight excluding hydrogens is 258 g/mol. The van der Waals surface area contributed by atoms with Crippen LogP contribution in [0.3, 0.4) is 0 Å². The van der Waals surface area contributed by atoms with E-state index in [1.807, 2.05) is 0 Å². The standard InChI is InChI=1S/C15H21NO4/c1-11-10-12(17)7-8-13(11)15(20)16-9-5-3-2-4-6-14(18)19/h7-8,10,17H,2-6,9H2,1H3,(H,16,20)(H,18,19). The summed E-state index contributed by atoms with van der Waals surface area (Å²) in [5, 5.41) is 20.6. The highest BCUT2D eigenvalue weighted by Crippen LogP contribution is 2.15. The monoisotopic (exact) mass is 279 g/mol. The lowest BCUT2D eigenvalue weighted by Crippen LogP contribution is -2.25. The van der Waals surface area contributed by atoms with Gasteiger partial charge in [0.1, 0.15) is 5.75 Å². The maximum Gasteiger partial charge on any atom is 0.303 e. The highest BCUT2D eigenvalue weighted by Gasteiger charge is 2.08. The van der Waals surface area contributed by atoms with Crippen LogP contribution in [0.25, 0.3) is 0 Å². The Labute approximate surface area is 118 Å². The van der Waals surface area contributed by atoms with E-state index in [2.05, 4.69) is 5.32 Å². The molecule has 1 aromatic rings. The number of nitrogens with one attached hydrogen (secondary N) is 1. The lowest BCUT2D eigenvalue weighted by molar-refractivity contribution is -0.137. The molecule has 5 nitrogen and oxygen atoms in total. The Kier molecular flexibility index (Phi) is 6.56. The quantitative estimate of drug-likeness (QED) is 0.638. The number of rotatable bonds is 8.